The molecular formula is C43H81Cl2NO3. The van der Waals surface area contributed by atoms with Crippen LogP contribution < -0.4 is 0 Å². The van der Waals surface area contributed by atoms with Crippen molar-refractivity contribution in [1.29, 1.82) is 0 Å². The maximum Gasteiger partial charge on any atom is 0.303 e. The number of rotatable bonds is 38. The lowest BCUT2D eigenvalue weighted by Crippen LogP contribution is -2.49. The molecule has 49 heavy (non-hydrogen) atoms. The Bertz CT molecular complexity index is 729. The van der Waals surface area contributed by atoms with Crippen LogP contribution >= 0.6 is 23.2 Å². The second-order valence-electron chi connectivity index (χ2n) is 14.7. The lowest BCUT2D eigenvalue weighted by atomic mass is 9.93. The summed E-state index contributed by atoms with van der Waals surface area (Å²) in [4.78, 5) is 28.4. The second kappa shape index (κ2) is 37.0. The third-order valence-electron chi connectivity index (χ3n) is 10.4. The molecule has 0 saturated heterocycles. The van der Waals surface area contributed by atoms with Crippen LogP contribution in [0.1, 0.15) is 220 Å². The maximum absolute atomic E-state index is 14.5. The number of aliphatic carboxylic acids is 1. The van der Waals surface area contributed by atoms with E-state index in [-0.39, 0.29) is 30.3 Å². The number of carboxylic acid groups (broad SMARTS) is 1. The van der Waals surface area contributed by atoms with E-state index in [9.17, 15) is 14.7 Å². The number of hydrogen-bond donors (Lipinski definition) is 1. The molecule has 0 aliphatic heterocycles. The average molecular weight is 731 g/mol. The predicted molar refractivity (Wildman–Crippen MR) is 216 cm³/mol. The topological polar surface area (TPSA) is 57.6 Å². The third-order valence-corrected chi connectivity index (χ3v) is 10.9. The molecule has 4 nitrogen and oxygen atoms in total. The number of carboxylic acids is 1. The molecule has 0 heterocycles. The van der Waals surface area contributed by atoms with Crippen LogP contribution in [0.3, 0.4) is 0 Å². The number of carbonyl (C=O) groups excluding carboxylic acids is 1. The van der Waals surface area contributed by atoms with Gasteiger partial charge in [0.2, 0.25) is 5.91 Å². The van der Waals surface area contributed by atoms with E-state index in [4.69, 9.17) is 23.2 Å². The fourth-order valence-electron chi connectivity index (χ4n) is 7.24. The minimum absolute atomic E-state index is 0.0386. The van der Waals surface area contributed by atoms with Crippen molar-refractivity contribution in [3.63, 3.8) is 0 Å². The van der Waals surface area contributed by atoms with Crippen LogP contribution in [0.5, 0.6) is 0 Å². The van der Waals surface area contributed by atoms with Crippen LogP contribution in [-0.2, 0) is 9.59 Å². The quantitative estimate of drug-likeness (QED) is 0.0391. The standard InChI is InChI=1S/C43H81Cl2NO3/c1-4-7-8-9-10-17-22-27-32-39(35-36-42(47)48)43(49)46(40(5-2)33-28-23-18-13-11-15-20-25-30-37-44)41(6-3)34-29-24-19-14-12-16-21-26-31-38-45/h27,32,39-41H,4-26,28-31,33-38H2,1-3H3,(H,47,48)/b32-27+. The summed E-state index contributed by atoms with van der Waals surface area (Å²) in [6, 6.07) is 0.445. The largest absolute Gasteiger partial charge is 0.481 e. The molecule has 0 aliphatic rings. The van der Waals surface area contributed by atoms with Crippen molar-refractivity contribution >= 4 is 35.1 Å². The maximum atomic E-state index is 14.5. The minimum Gasteiger partial charge on any atom is -0.481 e. The molecule has 3 unspecified atom stereocenters. The molecule has 0 aliphatic carbocycles. The number of nitrogens with zero attached hydrogens (tertiary/aromatic N) is 1. The van der Waals surface area contributed by atoms with Gasteiger partial charge in [-0.25, -0.2) is 0 Å². The van der Waals surface area contributed by atoms with Gasteiger partial charge in [0, 0.05) is 30.3 Å². The highest BCUT2D eigenvalue weighted by atomic mass is 35.5. The van der Waals surface area contributed by atoms with E-state index in [1.165, 1.54) is 122 Å². The molecule has 0 spiro atoms. The smallest absolute Gasteiger partial charge is 0.303 e. The van der Waals surface area contributed by atoms with Crippen molar-refractivity contribution in [2.24, 2.45) is 5.92 Å². The Morgan fingerprint density at radius 2 is 0.939 bits per heavy atom. The molecule has 0 saturated carbocycles. The summed E-state index contributed by atoms with van der Waals surface area (Å²) in [5, 5.41) is 9.56. The molecule has 0 aromatic rings. The predicted octanol–water partition coefficient (Wildman–Crippen LogP) is 14.4. The van der Waals surface area contributed by atoms with Gasteiger partial charge in [-0.2, -0.15) is 0 Å². The van der Waals surface area contributed by atoms with Gasteiger partial charge in [0.1, 0.15) is 0 Å². The second-order valence-corrected chi connectivity index (χ2v) is 15.5. The van der Waals surface area contributed by atoms with E-state index in [0.29, 0.717) is 6.42 Å². The van der Waals surface area contributed by atoms with Crippen molar-refractivity contribution in [3.05, 3.63) is 12.2 Å². The molecule has 0 fully saturated rings. The fraction of sp³-hybridized carbons (Fsp3) is 0.907. The lowest BCUT2D eigenvalue weighted by Gasteiger charge is -2.40. The summed E-state index contributed by atoms with van der Waals surface area (Å²) >= 11 is 11.6. The molecule has 0 aromatic carbocycles. The van der Waals surface area contributed by atoms with Crippen molar-refractivity contribution in [3.8, 4) is 0 Å². The van der Waals surface area contributed by atoms with Gasteiger partial charge in [-0.3, -0.25) is 9.59 Å². The highest BCUT2D eigenvalue weighted by molar-refractivity contribution is 6.18. The van der Waals surface area contributed by atoms with E-state index >= 15 is 0 Å². The molecule has 1 N–H and O–H groups in total. The number of halogens is 2. The van der Waals surface area contributed by atoms with E-state index in [1.54, 1.807) is 0 Å². The molecule has 0 rings (SSSR count). The van der Waals surface area contributed by atoms with Crippen LogP contribution in [0.2, 0.25) is 0 Å². The SMILES string of the molecule is CCCCCCCC/C=C/C(CCC(=O)O)C(=O)N(C(CC)CCCCCCCCCCCCl)C(CC)CCCCCCCCCCCCl. The molecule has 0 bridgehead atoms. The lowest BCUT2D eigenvalue weighted by molar-refractivity contribution is -0.141. The van der Waals surface area contributed by atoms with Gasteiger partial charge in [0.05, 0.1) is 5.92 Å². The van der Waals surface area contributed by atoms with E-state index < -0.39 is 5.97 Å². The van der Waals surface area contributed by atoms with Crippen molar-refractivity contribution in [1.82, 2.24) is 4.90 Å². The molecule has 1 amide bonds. The van der Waals surface area contributed by atoms with Gasteiger partial charge >= 0.3 is 5.97 Å². The molecule has 3 atom stereocenters. The number of hydrogen-bond acceptors (Lipinski definition) is 2. The zero-order valence-electron chi connectivity index (χ0n) is 32.7. The average Bonchev–Trinajstić information content (AvgIpc) is 3.10. The number of unbranched alkanes of at least 4 members (excludes halogenated alkanes) is 22. The van der Waals surface area contributed by atoms with Gasteiger partial charge in [0.15, 0.2) is 0 Å². The zero-order valence-corrected chi connectivity index (χ0v) is 34.2. The minimum atomic E-state index is -0.814. The Morgan fingerprint density at radius 3 is 1.33 bits per heavy atom. The molecule has 290 valence electrons. The Kier molecular flexibility index (Phi) is 36.5. The zero-order chi connectivity index (χ0) is 36.2. The first-order valence-electron chi connectivity index (χ1n) is 21.3. The van der Waals surface area contributed by atoms with Gasteiger partial charge in [0.25, 0.3) is 0 Å². The van der Waals surface area contributed by atoms with Gasteiger partial charge in [-0.1, -0.05) is 168 Å². The van der Waals surface area contributed by atoms with Gasteiger partial charge < -0.3 is 10.0 Å². The van der Waals surface area contributed by atoms with Crippen LogP contribution in [-0.4, -0.2) is 45.7 Å². The van der Waals surface area contributed by atoms with Gasteiger partial charge in [-0.15, -0.1) is 23.2 Å². The number of allylic oxidation sites excluding steroid dienone is 1. The summed E-state index contributed by atoms with van der Waals surface area (Å²) in [5.74, 6) is 0.571. The van der Waals surface area contributed by atoms with E-state index in [1.807, 2.05) is 0 Å². The molecule has 6 heteroatoms. The normalized spacial score (nSPS) is 13.6. The number of carbonyl (C=O) groups is 2. The molecular weight excluding hydrogens is 649 g/mol. The first-order valence-corrected chi connectivity index (χ1v) is 22.4. The monoisotopic (exact) mass is 730 g/mol. The Balaban J connectivity index is 5.42. The summed E-state index contributed by atoms with van der Waals surface area (Å²) in [7, 11) is 0. The summed E-state index contributed by atoms with van der Waals surface area (Å²) in [6.07, 6.45) is 39.7. The van der Waals surface area contributed by atoms with E-state index in [0.717, 1.165) is 76.0 Å². The summed E-state index contributed by atoms with van der Waals surface area (Å²) in [6.45, 7) is 6.73. The number of alkyl halides is 2. The van der Waals surface area contributed by atoms with Crippen LogP contribution in [0.15, 0.2) is 12.2 Å². The molecule has 0 aromatic heterocycles. The Labute approximate surface area is 315 Å². The van der Waals surface area contributed by atoms with Crippen LogP contribution in [0, 0.1) is 5.92 Å². The number of amides is 1. The van der Waals surface area contributed by atoms with Crippen molar-refractivity contribution in [2.45, 2.75) is 232 Å². The first kappa shape index (κ1) is 48.3. The molecule has 0 radical (unpaired) electrons. The first-order chi connectivity index (χ1) is 24.0. The van der Waals surface area contributed by atoms with Crippen LogP contribution in [0.4, 0.5) is 0 Å². The van der Waals surface area contributed by atoms with Crippen LogP contribution in [0.25, 0.3) is 0 Å². The summed E-state index contributed by atoms with van der Waals surface area (Å²) < 4.78 is 0. The highest BCUT2D eigenvalue weighted by Crippen LogP contribution is 2.27. The Morgan fingerprint density at radius 1 is 0.551 bits per heavy atom. The summed E-state index contributed by atoms with van der Waals surface area (Å²) in [5.41, 5.74) is 0. The van der Waals surface area contributed by atoms with Crippen molar-refractivity contribution in [2.75, 3.05) is 11.8 Å². The fourth-order valence-corrected chi connectivity index (χ4v) is 7.62. The van der Waals surface area contributed by atoms with Gasteiger partial charge in [-0.05, 0) is 57.8 Å². The van der Waals surface area contributed by atoms with E-state index in [2.05, 4.69) is 37.8 Å². The third kappa shape index (κ3) is 28.5. The van der Waals surface area contributed by atoms with Crippen molar-refractivity contribution < 1.29 is 14.7 Å². The Hall–Kier alpha value is -0.740. The highest BCUT2D eigenvalue weighted by Gasteiger charge is 2.32.